The summed E-state index contributed by atoms with van der Waals surface area (Å²) in [6.07, 6.45) is -0.696. The van der Waals surface area contributed by atoms with Gasteiger partial charge in [-0.1, -0.05) is 0 Å². The van der Waals surface area contributed by atoms with E-state index in [1.165, 1.54) is 4.90 Å². The van der Waals surface area contributed by atoms with Gasteiger partial charge in [0.25, 0.3) is 0 Å². The van der Waals surface area contributed by atoms with Gasteiger partial charge in [-0.3, -0.25) is 14.4 Å². The van der Waals surface area contributed by atoms with E-state index < -0.39 is 24.3 Å². The van der Waals surface area contributed by atoms with Crippen molar-refractivity contribution in [1.29, 1.82) is 0 Å². The molecule has 2 heterocycles. The number of nitrogens with zero attached hydrogens (tertiary/aromatic N) is 1. The number of nitrogens with one attached hydrogen (secondary N) is 1. The highest BCUT2D eigenvalue weighted by atomic mass is 32.2. The van der Waals surface area contributed by atoms with E-state index in [2.05, 4.69) is 5.32 Å². The van der Waals surface area contributed by atoms with Crippen LogP contribution in [-0.4, -0.2) is 72.3 Å². The van der Waals surface area contributed by atoms with Crippen LogP contribution in [0.4, 0.5) is 0 Å². The van der Waals surface area contributed by atoms with Crippen molar-refractivity contribution in [2.24, 2.45) is 5.73 Å². The third-order valence-corrected chi connectivity index (χ3v) is 4.47. The fourth-order valence-corrected chi connectivity index (χ4v) is 3.27. The van der Waals surface area contributed by atoms with Crippen molar-refractivity contribution in [3.63, 3.8) is 0 Å². The first kappa shape index (κ1) is 17.0. The topological polar surface area (TPSA) is 111 Å². The Bertz CT molecular complexity index is 447. The van der Waals surface area contributed by atoms with Gasteiger partial charge in [0.2, 0.25) is 18.1 Å². The lowest BCUT2D eigenvalue weighted by atomic mass is 10.2. The monoisotopic (exact) mass is 331 g/mol. The fourth-order valence-electron chi connectivity index (χ4n) is 2.35. The highest BCUT2D eigenvalue weighted by molar-refractivity contribution is 7.99. The predicted octanol–water partition coefficient (Wildman–Crippen LogP) is -1.32. The molecule has 0 saturated carbocycles. The van der Waals surface area contributed by atoms with Crippen LogP contribution < -0.4 is 11.1 Å². The minimum atomic E-state index is -0.765. The minimum Gasteiger partial charge on any atom is -0.433 e. The fraction of sp³-hybridized carbons (Fsp3) is 0.769. The third-order valence-electron chi connectivity index (χ3n) is 3.41. The Balaban J connectivity index is 1.88. The molecule has 22 heavy (non-hydrogen) atoms. The van der Waals surface area contributed by atoms with E-state index in [4.69, 9.17) is 15.2 Å². The highest BCUT2D eigenvalue weighted by Crippen LogP contribution is 2.16. The van der Waals surface area contributed by atoms with E-state index in [1.54, 1.807) is 18.7 Å². The van der Waals surface area contributed by atoms with Crippen molar-refractivity contribution in [1.82, 2.24) is 10.2 Å². The summed E-state index contributed by atoms with van der Waals surface area (Å²) in [5.74, 6) is 0.335. The summed E-state index contributed by atoms with van der Waals surface area (Å²) in [6, 6.07) is -1.10. The summed E-state index contributed by atoms with van der Waals surface area (Å²) < 4.78 is 10.3. The van der Waals surface area contributed by atoms with E-state index in [0.29, 0.717) is 18.9 Å². The molecule has 2 saturated heterocycles. The lowest BCUT2D eigenvalue weighted by molar-refractivity contribution is -0.164. The molecule has 0 aromatic heterocycles. The van der Waals surface area contributed by atoms with Crippen molar-refractivity contribution in [3.05, 3.63) is 0 Å². The molecule has 2 aliphatic rings. The van der Waals surface area contributed by atoms with Gasteiger partial charge < -0.3 is 25.4 Å². The Kier molecular flexibility index (Phi) is 6.04. The quantitative estimate of drug-likeness (QED) is 0.601. The third kappa shape index (κ3) is 4.34. The predicted molar refractivity (Wildman–Crippen MR) is 79.9 cm³/mol. The van der Waals surface area contributed by atoms with Crippen molar-refractivity contribution >= 4 is 29.5 Å². The van der Waals surface area contributed by atoms with Gasteiger partial charge in [-0.25, -0.2) is 0 Å². The molecular formula is C13H21N3O5S. The number of cyclic esters (lactones) is 1. The van der Waals surface area contributed by atoms with Gasteiger partial charge in [0, 0.05) is 24.7 Å². The SMILES string of the molecule is CCOC1OC(=O)CC1NC(=O)CN1CCSCC(N)C1=O. The number of amides is 2. The number of thioether (sulfide) groups is 1. The van der Waals surface area contributed by atoms with Gasteiger partial charge in [0.05, 0.1) is 19.0 Å². The molecule has 124 valence electrons. The van der Waals surface area contributed by atoms with E-state index in [1.807, 2.05) is 0 Å². The molecule has 3 unspecified atom stereocenters. The number of ether oxygens (including phenoxy) is 2. The van der Waals surface area contributed by atoms with E-state index >= 15 is 0 Å². The second kappa shape index (κ2) is 7.80. The minimum absolute atomic E-state index is 0.0692. The van der Waals surface area contributed by atoms with Crippen LogP contribution in [0.3, 0.4) is 0 Å². The molecule has 2 aliphatic heterocycles. The molecule has 0 spiro atoms. The first-order valence-electron chi connectivity index (χ1n) is 7.23. The maximum Gasteiger partial charge on any atom is 0.310 e. The number of carbonyl (C=O) groups is 3. The van der Waals surface area contributed by atoms with Gasteiger partial charge in [-0.2, -0.15) is 11.8 Å². The molecule has 0 bridgehead atoms. The first-order chi connectivity index (χ1) is 10.5. The maximum atomic E-state index is 12.1. The summed E-state index contributed by atoms with van der Waals surface area (Å²) in [7, 11) is 0. The van der Waals surface area contributed by atoms with Gasteiger partial charge >= 0.3 is 5.97 Å². The van der Waals surface area contributed by atoms with E-state index in [0.717, 1.165) is 5.75 Å². The summed E-state index contributed by atoms with van der Waals surface area (Å²) in [6.45, 7) is 2.57. The van der Waals surface area contributed by atoms with Crippen LogP contribution in [0.1, 0.15) is 13.3 Å². The van der Waals surface area contributed by atoms with Gasteiger partial charge in [0.1, 0.15) is 6.04 Å². The lowest BCUT2D eigenvalue weighted by Gasteiger charge is -2.23. The number of rotatable bonds is 5. The Hall–Kier alpha value is -1.32. The Morgan fingerprint density at radius 2 is 2.32 bits per heavy atom. The number of hydrogen-bond acceptors (Lipinski definition) is 7. The van der Waals surface area contributed by atoms with Crippen molar-refractivity contribution in [2.45, 2.75) is 31.7 Å². The Labute approximate surface area is 133 Å². The molecule has 3 atom stereocenters. The maximum absolute atomic E-state index is 12.1. The zero-order valence-electron chi connectivity index (χ0n) is 12.4. The van der Waals surface area contributed by atoms with Gasteiger partial charge in [0.15, 0.2) is 0 Å². The molecule has 0 aromatic rings. The largest absolute Gasteiger partial charge is 0.433 e. The summed E-state index contributed by atoms with van der Waals surface area (Å²) in [5.41, 5.74) is 5.76. The second-order valence-corrected chi connectivity index (χ2v) is 6.28. The van der Waals surface area contributed by atoms with Crippen LogP contribution in [-0.2, 0) is 23.9 Å². The lowest BCUT2D eigenvalue weighted by Crippen LogP contribution is -2.50. The first-order valence-corrected chi connectivity index (χ1v) is 8.39. The normalized spacial score (nSPS) is 29.2. The van der Waals surface area contributed by atoms with E-state index in [-0.39, 0.29) is 24.8 Å². The molecule has 0 aliphatic carbocycles. The number of esters is 1. The molecular weight excluding hydrogens is 310 g/mol. The zero-order chi connectivity index (χ0) is 16.1. The standard InChI is InChI=1S/C13H21N3O5S/c1-2-20-13-9(5-11(18)21-13)15-10(17)6-16-3-4-22-7-8(14)12(16)19/h8-9,13H,2-7,14H2,1H3,(H,15,17). The molecule has 0 radical (unpaired) electrons. The smallest absolute Gasteiger partial charge is 0.310 e. The number of carbonyl (C=O) groups excluding carboxylic acids is 3. The number of nitrogens with two attached hydrogens (primary N) is 1. The highest BCUT2D eigenvalue weighted by Gasteiger charge is 2.37. The van der Waals surface area contributed by atoms with Crippen molar-refractivity contribution in [3.8, 4) is 0 Å². The zero-order valence-corrected chi connectivity index (χ0v) is 13.3. The Morgan fingerprint density at radius 3 is 3.05 bits per heavy atom. The average Bonchev–Trinajstić information content (AvgIpc) is 2.72. The summed E-state index contributed by atoms with van der Waals surface area (Å²) in [5, 5.41) is 2.70. The Morgan fingerprint density at radius 1 is 1.55 bits per heavy atom. The number of hydrogen-bond donors (Lipinski definition) is 2. The van der Waals surface area contributed by atoms with Crippen LogP contribution in [0.15, 0.2) is 0 Å². The van der Waals surface area contributed by atoms with Crippen molar-refractivity contribution in [2.75, 3.05) is 31.2 Å². The van der Waals surface area contributed by atoms with Crippen LogP contribution >= 0.6 is 11.8 Å². The molecule has 8 nitrogen and oxygen atoms in total. The molecule has 2 fully saturated rings. The van der Waals surface area contributed by atoms with Crippen LogP contribution in [0.2, 0.25) is 0 Å². The summed E-state index contributed by atoms with van der Waals surface area (Å²) in [4.78, 5) is 36.9. The molecule has 9 heteroatoms. The van der Waals surface area contributed by atoms with Crippen LogP contribution in [0.5, 0.6) is 0 Å². The van der Waals surface area contributed by atoms with Crippen LogP contribution in [0.25, 0.3) is 0 Å². The van der Waals surface area contributed by atoms with Gasteiger partial charge in [-0.15, -0.1) is 0 Å². The molecule has 0 aromatic carbocycles. The molecule has 3 N–H and O–H groups in total. The second-order valence-electron chi connectivity index (χ2n) is 5.13. The summed E-state index contributed by atoms with van der Waals surface area (Å²) >= 11 is 1.59. The van der Waals surface area contributed by atoms with Crippen molar-refractivity contribution < 1.29 is 23.9 Å². The average molecular weight is 331 g/mol. The molecule has 2 rings (SSSR count). The van der Waals surface area contributed by atoms with Crippen LogP contribution in [0, 0.1) is 0 Å². The molecule has 2 amide bonds. The van der Waals surface area contributed by atoms with E-state index in [9.17, 15) is 14.4 Å². The van der Waals surface area contributed by atoms with Gasteiger partial charge in [-0.05, 0) is 6.92 Å².